The van der Waals surface area contributed by atoms with Gasteiger partial charge >= 0.3 is 5.97 Å². The fraction of sp³-hybridized carbons (Fsp3) is 0.300. The van der Waals surface area contributed by atoms with Crippen molar-refractivity contribution >= 4 is 23.2 Å². The van der Waals surface area contributed by atoms with Gasteiger partial charge in [-0.3, -0.25) is 4.79 Å². The molecule has 29 heavy (non-hydrogen) atoms. The highest BCUT2D eigenvalue weighted by Gasteiger charge is 2.44. The van der Waals surface area contributed by atoms with Gasteiger partial charge < -0.3 is 10.1 Å². The van der Waals surface area contributed by atoms with Gasteiger partial charge in [-0.25, -0.2) is 18.9 Å². The second-order valence-corrected chi connectivity index (χ2v) is 7.81. The van der Waals surface area contributed by atoms with Gasteiger partial charge in [0.1, 0.15) is 11.4 Å². The van der Waals surface area contributed by atoms with Crippen molar-refractivity contribution in [1.82, 2.24) is 20.1 Å². The molecule has 0 unspecified atom stereocenters. The van der Waals surface area contributed by atoms with Crippen molar-refractivity contribution in [1.29, 1.82) is 0 Å². The lowest BCUT2D eigenvalue weighted by Crippen LogP contribution is -2.53. The Morgan fingerprint density at radius 3 is 2.69 bits per heavy atom. The highest BCUT2D eigenvalue weighted by Crippen LogP contribution is 2.31. The normalized spacial score (nSPS) is 15.2. The van der Waals surface area contributed by atoms with Crippen LogP contribution in [0.4, 0.5) is 4.39 Å². The van der Waals surface area contributed by atoms with Crippen LogP contribution < -0.4 is 5.32 Å². The molecule has 9 heteroatoms. The second-order valence-electron chi connectivity index (χ2n) is 6.86. The van der Waals surface area contributed by atoms with E-state index in [0.717, 1.165) is 17.7 Å². The van der Waals surface area contributed by atoms with Gasteiger partial charge in [-0.1, -0.05) is 25.0 Å². The van der Waals surface area contributed by atoms with E-state index < -0.39 is 23.2 Å². The molecule has 0 aliphatic heterocycles. The summed E-state index contributed by atoms with van der Waals surface area (Å²) >= 11 is 1.43. The minimum Gasteiger partial charge on any atom is -0.467 e. The smallest absolute Gasteiger partial charge is 0.331 e. The first-order valence-corrected chi connectivity index (χ1v) is 10.1. The standard InChI is InChI=1S/C20H19FN4O3S/c1-28-19(27)20(9-2-3-10-20)23-18(26)16-22-17(15-8-5-11-29-15)25(24-16)14-7-4-6-13(21)12-14/h4-8,11-12H,2-3,9-10H2,1H3,(H,23,26). The number of thiophene rings is 1. The van der Waals surface area contributed by atoms with E-state index in [1.165, 1.54) is 35.3 Å². The second kappa shape index (κ2) is 7.75. The van der Waals surface area contributed by atoms with E-state index in [0.29, 0.717) is 24.4 Å². The average molecular weight is 414 g/mol. The SMILES string of the molecule is COC(=O)C1(NC(=O)c2nc(-c3cccs3)n(-c3cccc(F)c3)n2)CCCC1. The zero-order valence-electron chi connectivity index (χ0n) is 15.7. The molecule has 1 aliphatic carbocycles. The summed E-state index contributed by atoms with van der Waals surface area (Å²) in [5, 5.41) is 8.98. The summed E-state index contributed by atoms with van der Waals surface area (Å²) in [5.74, 6) is -1.12. The molecular formula is C20H19FN4O3S. The number of methoxy groups -OCH3 is 1. The van der Waals surface area contributed by atoms with Crippen molar-refractivity contribution in [2.24, 2.45) is 0 Å². The van der Waals surface area contributed by atoms with E-state index in [1.54, 1.807) is 12.1 Å². The molecule has 0 saturated heterocycles. The minimum absolute atomic E-state index is 0.0900. The zero-order chi connectivity index (χ0) is 20.4. The van der Waals surface area contributed by atoms with Crippen LogP contribution in [0, 0.1) is 5.82 Å². The Kier molecular flexibility index (Phi) is 5.14. The van der Waals surface area contributed by atoms with Gasteiger partial charge in [0.05, 0.1) is 17.7 Å². The lowest BCUT2D eigenvalue weighted by Gasteiger charge is -2.26. The average Bonchev–Trinajstić information content (AvgIpc) is 3.47. The Balaban J connectivity index is 1.72. The maximum atomic E-state index is 13.8. The summed E-state index contributed by atoms with van der Waals surface area (Å²) in [7, 11) is 1.31. The molecule has 1 N–H and O–H groups in total. The van der Waals surface area contributed by atoms with Crippen LogP contribution in [0.3, 0.4) is 0 Å². The molecule has 1 fully saturated rings. The van der Waals surface area contributed by atoms with Gasteiger partial charge in [0.2, 0.25) is 5.82 Å². The topological polar surface area (TPSA) is 86.1 Å². The van der Waals surface area contributed by atoms with Crippen molar-refractivity contribution in [3.8, 4) is 16.4 Å². The Labute approximate surface area is 170 Å². The zero-order valence-corrected chi connectivity index (χ0v) is 16.5. The number of carbonyl (C=O) groups excluding carboxylic acids is 2. The molecule has 2 aromatic heterocycles. The Morgan fingerprint density at radius 2 is 2.03 bits per heavy atom. The highest BCUT2D eigenvalue weighted by molar-refractivity contribution is 7.13. The molecule has 0 spiro atoms. The first-order valence-electron chi connectivity index (χ1n) is 9.20. The summed E-state index contributed by atoms with van der Waals surface area (Å²) in [6, 6.07) is 9.60. The molecule has 0 radical (unpaired) electrons. The third-order valence-corrected chi connectivity index (χ3v) is 5.86. The van der Waals surface area contributed by atoms with Crippen LogP contribution in [0.1, 0.15) is 36.3 Å². The number of benzene rings is 1. The third kappa shape index (κ3) is 3.65. The molecule has 1 aliphatic rings. The maximum absolute atomic E-state index is 13.8. The quantitative estimate of drug-likeness (QED) is 0.647. The fourth-order valence-electron chi connectivity index (χ4n) is 3.59. The number of hydrogen-bond donors (Lipinski definition) is 1. The number of ether oxygens (including phenoxy) is 1. The van der Waals surface area contributed by atoms with Gasteiger partial charge in [0, 0.05) is 0 Å². The summed E-state index contributed by atoms with van der Waals surface area (Å²) in [4.78, 5) is 30.4. The molecule has 3 aromatic rings. The van der Waals surface area contributed by atoms with Crippen molar-refractivity contribution < 1.29 is 18.7 Å². The molecule has 4 rings (SSSR count). The molecule has 2 heterocycles. The molecule has 0 bridgehead atoms. The number of esters is 1. The van der Waals surface area contributed by atoms with Crippen LogP contribution in [0.2, 0.25) is 0 Å². The number of nitrogens with zero attached hydrogens (tertiary/aromatic N) is 3. The van der Waals surface area contributed by atoms with Gasteiger partial charge in [0.25, 0.3) is 5.91 Å². The van der Waals surface area contributed by atoms with Crippen molar-refractivity contribution in [3.63, 3.8) is 0 Å². The molecule has 150 valence electrons. The van der Waals surface area contributed by atoms with Gasteiger partial charge in [-0.05, 0) is 42.5 Å². The first kappa shape index (κ1) is 19.3. The number of carbonyl (C=O) groups is 2. The number of aromatic nitrogens is 3. The van der Waals surface area contributed by atoms with Crippen LogP contribution in [-0.2, 0) is 9.53 Å². The van der Waals surface area contributed by atoms with Crippen LogP contribution in [-0.4, -0.2) is 39.3 Å². The Bertz CT molecular complexity index is 1040. The van der Waals surface area contributed by atoms with Crippen LogP contribution in [0.25, 0.3) is 16.4 Å². The lowest BCUT2D eigenvalue weighted by atomic mass is 9.97. The predicted octanol–water partition coefficient (Wildman–Crippen LogP) is 3.35. The van der Waals surface area contributed by atoms with Crippen molar-refractivity contribution in [2.45, 2.75) is 31.2 Å². The summed E-state index contributed by atoms with van der Waals surface area (Å²) in [5.41, 5.74) is -0.609. The Morgan fingerprint density at radius 1 is 1.24 bits per heavy atom. The number of amides is 1. The summed E-state index contributed by atoms with van der Waals surface area (Å²) < 4.78 is 20.1. The van der Waals surface area contributed by atoms with Gasteiger partial charge in [-0.2, -0.15) is 0 Å². The van der Waals surface area contributed by atoms with E-state index in [9.17, 15) is 14.0 Å². The number of halogens is 1. The van der Waals surface area contributed by atoms with E-state index in [4.69, 9.17) is 4.74 Å². The monoisotopic (exact) mass is 414 g/mol. The molecule has 1 saturated carbocycles. The highest BCUT2D eigenvalue weighted by atomic mass is 32.1. The van der Waals surface area contributed by atoms with E-state index in [-0.39, 0.29) is 5.82 Å². The Hall–Kier alpha value is -3.07. The molecular weight excluding hydrogens is 395 g/mol. The molecule has 0 atom stereocenters. The lowest BCUT2D eigenvalue weighted by molar-refractivity contribution is -0.148. The molecule has 1 aromatic carbocycles. The van der Waals surface area contributed by atoms with Crippen LogP contribution >= 0.6 is 11.3 Å². The number of rotatable bonds is 5. The summed E-state index contributed by atoms with van der Waals surface area (Å²) in [6.07, 6.45) is 2.66. The first-order chi connectivity index (χ1) is 14.0. The minimum atomic E-state index is -1.06. The van der Waals surface area contributed by atoms with E-state index in [2.05, 4.69) is 15.4 Å². The number of hydrogen-bond acceptors (Lipinski definition) is 6. The predicted molar refractivity (Wildman–Crippen MR) is 105 cm³/mol. The van der Waals surface area contributed by atoms with Crippen molar-refractivity contribution in [2.75, 3.05) is 7.11 Å². The van der Waals surface area contributed by atoms with E-state index >= 15 is 0 Å². The number of nitrogens with one attached hydrogen (secondary N) is 1. The summed E-state index contributed by atoms with van der Waals surface area (Å²) in [6.45, 7) is 0. The third-order valence-electron chi connectivity index (χ3n) is 4.99. The van der Waals surface area contributed by atoms with Crippen LogP contribution in [0.15, 0.2) is 41.8 Å². The maximum Gasteiger partial charge on any atom is 0.331 e. The van der Waals surface area contributed by atoms with Crippen LogP contribution in [0.5, 0.6) is 0 Å². The van der Waals surface area contributed by atoms with Gasteiger partial charge in [-0.15, -0.1) is 16.4 Å². The molecule has 1 amide bonds. The van der Waals surface area contributed by atoms with Gasteiger partial charge in [0.15, 0.2) is 5.82 Å². The molecule has 7 nitrogen and oxygen atoms in total. The van der Waals surface area contributed by atoms with E-state index in [1.807, 2.05) is 17.5 Å². The van der Waals surface area contributed by atoms with Crippen molar-refractivity contribution in [3.05, 3.63) is 53.4 Å². The largest absolute Gasteiger partial charge is 0.467 e. The fourth-order valence-corrected chi connectivity index (χ4v) is 4.29.